The van der Waals surface area contributed by atoms with Gasteiger partial charge in [-0.1, -0.05) is 121 Å². The molecule has 0 bridgehead atoms. The van der Waals surface area contributed by atoms with Gasteiger partial charge in [0.25, 0.3) is 0 Å². The smallest absolute Gasteiger partial charge is 0.0854 e. The first-order valence-corrected chi connectivity index (χ1v) is 15.8. The second-order valence-electron chi connectivity index (χ2n) is 12.7. The molecule has 2 nitrogen and oxygen atoms in total. The standard InChI is InChI=1S/C42H28N2/c1-5-15-31-25(11-1)29-19-9-21-37(29)43-39-23-36-28-14-4-8-18-34(28)42-32-16-6-2-12-26(32)30-20-10-22-38(30)44(42)40(36)24-35(39)27-13-3-7-17-33(27)41(31)43/h1-20,23-24,41-42H,21-22H2. The number of anilines is 2. The van der Waals surface area contributed by atoms with Crippen molar-refractivity contribution in [1.29, 1.82) is 0 Å². The van der Waals surface area contributed by atoms with E-state index in [4.69, 9.17) is 0 Å². The molecule has 0 saturated carbocycles. The van der Waals surface area contributed by atoms with Crippen molar-refractivity contribution in [3.63, 3.8) is 0 Å². The first kappa shape index (κ1) is 23.2. The van der Waals surface area contributed by atoms with Gasteiger partial charge in [-0.05, 0) is 56.6 Å². The molecule has 0 amide bonds. The lowest BCUT2D eigenvalue weighted by Gasteiger charge is -2.48. The van der Waals surface area contributed by atoms with E-state index in [0.29, 0.717) is 0 Å². The number of nitrogens with zero attached hydrogens (tertiary/aromatic N) is 2. The van der Waals surface area contributed by atoms with E-state index in [-0.39, 0.29) is 12.1 Å². The van der Waals surface area contributed by atoms with Crippen LogP contribution in [-0.2, 0) is 0 Å². The van der Waals surface area contributed by atoms with E-state index in [9.17, 15) is 0 Å². The zero-order valence-electron chi connectivity index (χ0n) is 24.2. The minimum atomic E-state index is 0.161. The molecule has 44 heavy (non-hydrogen) atoms. The van der Waals surface area contributed by atoms with Crippen LogP contribution in [0.2, 0.25) is 0 Å². The Hall–Kier alpha value is -5.34. The predicted octanol–water partition coefficient (Wildman–Crippen LogP) is 10.2. The maximum Gasteiger partial charge on any atom is 0.0854 e. The first-order valence-electron chi connectivity index (χ1n) is 15.8. The third-order valence-corrected chi connectivity index (χ3v) is 10.7. The highest BCUT2D eigenvalue weighted by atomic mass is 15.2. The van der Waals surface area contributed by atoms with Gasteiger partial charge in [-0.25, -0.2) is 0 Å². The maximum atomic E-state index is 2.68. The largest absolute Gasteiger partial charge is 0.332 e. The third kappa shape index (κ3) is 2.73. The van der Waals surface area contributed by atoms with E-state index in [1.54, 1.807) is 0 Å². The Morgan fingerprint density at radius 3 is 1.20 bits per heavy atom. The summed E-state index contributed by atoms with van der Waals surface area (Å²) in [6, 6.07) is 41.8. The molecular formula is C42H28N2. The second kappa shape index (κ2) is 8.18. The monoisotopic (exact) mass is 560 g/mol. The lowest BCUT2D eigenvalue weighted by Crippen LogP contribution is -2.37. The van der Waals surface area contributed by atoms with Gasteiger partial charge in [-0.3, -0.25) is 0 Å². The lowest BCUT2D eigenvalue weighted by atomic mass is 9.76. The molecule has 0 fully saturated rings. The molecular weight excluding hydrogens is 532 g/mol. The van der Waals surface area contributed by atoms with Crippen LogP contribution in [0.1, 0.15) is 58.3 Å². The van der Waals surface area contributed by atoms with Crippen molar-refractivity contribution in [2.75, 3.05) is 9.80 Å². The summed E-state index contributed by atoms with van der Waals surface area (Å²) in [6.07, 6.45) is 11.3. The van der Waals surface area contributed by atoms with Gasteiger partial charge in [0, 0.05) is 46.5 Å². The Bertz CT molecular complexity index is 2100. The van der Waals surface area contributed by atoms with Gasteiger partial charge in [0.1, 0.15) is 0 Å². The number of allylic oxidation sites excluding steroid dienone is 6. The van der Waals surface area contributed by atoms with Crippen LogP contribution >= 0.6 is 0 Å². The van der Waals surface area contributed by atoms with E-state index < -0.39 is 0 Å². The van der Waals surface area contributed by atoms with Gasteiger partial charge in [0.2, 0.25) is 0 Å². The summed E-state index contributed by atoms with van der Waals surface area (Å²) >= 11 is 0. The quantitative estimate of drug-likeness (QED) is 0.186. The summed E-state index contributed by atoms with van der Waals surface area (Å²) in [5.41, 5.74) is 21.9. The molecule has 2 unspecified atom stereocenters. The third-order valence-electron chi connectivity index (χ3n) is 10.7. The fourth-order valence-electron chi connectivity index (χ4n) is 9.04. The summed E-state index contributed by atoms with van der Waals surface area (Å²) in [6.45, 7) is 0. The molecule has 206 valence electrons. The molecule has 2 heteroatoms. The molecule has 4 aliphatic heterocycles. The summed E-state index contributed by atoms with van der Waals surface area (Å²) in [4.78, 5) is 5.36. The van der Waals surface area contributed by atoms with Gasteiger partial charge in [0.15, 0.2) is 0 Å². The van der Waals surface area contributed by atoms with Gasteiger partial charge in [-0.15, -0.1) is 0 Å². The molecule has 5 aromatic rings. The van der Waals surface area contributed by atoms with Crippen molar-refractivity contribution in [3.8, 4) is 22.3 Å². The van der Waals surface area contributed by atoms with E-state index in [1.165, 1.54) is 89.5 Å². The molecule has 11 rings (SSSR count). The van der Waals surface area contributed by atoms with Gasteiger partial charge >= 0.3 is 0 Å². The highest BCUT2D eigenvalue weighted by Crippen LogP contribution is 2.60. The van der Waals surface area contributed by atoms with Crippen LogP contribution in [-0.4, -0.2) is 0 Å². The Kier molecular flexibility index (Phi) is 4.31. The Labute approximate surface area is 257 Å². The molecule has 0 N–H and O–H groups in total. The fraction of sp³-hybridized carbons (Fsp3) is 0.0952. The van der Waals surface area contributed by atoms with Crippen molar-refractivity contribution < 1.29 is 0 Å². The topological polar surface area (TPSA) is 6.48 Å². The zero-order valence-corrected chi connectivity index (χ0v) is 24.2. The number of hydrogen-bond donors (Lipinski definition) is 0. The highest BCUT2D eigenvalue weighted by molar-refractivity contribution is 6.02. The number of hydrogen-bond acceptors (Lipinski definition) is 2. The van der Waals surface area contributed by atoms with E-state index >= 15 is 0 Å². The van der Waals surface area contributed by atoms with Gasteiger partial charge in [0.05, 0.1) is 23.5 Å². The normalized spacial score (nSPS) is 20.5. The van der Waals surface area contributed by atoms with Crippen LogP contribution in [0.4, 0.5) is 11.4 Å². The molecule has 2 aliphatic carbocycles. The minimum absolute atomic E-state index is 0.161. The molecule has 0 spiro atoms. The Morgan fingerprint density at radius 1 is 0.409 bits per heavy atom. The van der Waals surface area contributed by atoms with Crippen LogP contribution in [0, 0.1) is 0 Å². The van der Waals surface area contributed by atoms with Crippen molar-refractivity contribution >= 4 is 22.5 Å². The predicted molar refractivity (Wildman–Crippen MR) is 180 cm³/mol. The number of benzene rings is 5. The molecule has 0 aromatic heterocycles. The molecule has 5 aromatic carbocycles. The number of rotatable bonds is 0. The van der Waals surface area contributed by atoms with Crippen LogP contribution in [0.5, 0.6) is 0 Å². The number of fused-ring (bicyclic) bond motifs is 20. The lowest BCUT2D eigenvalue weighted by molar-refractivity contribution is 0.742. The average Bonchev–Trinajstić information content (AvgIpc) is 3.78. The van der Waals surface area contributed by atoms with Crippen LogP contribution in [0.15, 0.2) is 145 Å². The van der Waals surface area contributed by atoms with E-state index in [1.807, 2.05) is 0 Å². The minimum Gasteiger partial charge on any atom is -0.332 e. The summed E-state index contributed by atoms with van der Waals surface area (Å²) < 4.78 is 0. The summed E-state index contributed by atoms with van der Waals surface area (Å²) in [7, 11) is 0. The zero-order chi connectivity index (χ0) is 28.5. The van der Waals surface area contributed by atoms with Crippen molar-refractivity contribution in [2.45, 2.75) is 24.9 Å². The summed E-state index contributed by atoms with van der Waals surface area (Å²) in [5.74, 6) is 0. The van der Waals surface area contributed by atoms with Crippen LogP contribution < -0.4 is 9.80 Å². The van der Waals surface area contributed by atoms with Crippen LogP contribution in [0.3, 0.4) is 0 Å². The van der Waals surface area contributed by atoms with E-state index in [2.05, 4.69) is 143 Å². The molecule has 4 heterocycles. The second-order valence-corrected chi connectivity index (χ2v) is 12.7. The maximum absolute atomic E-state index is 2.68. The average molecular weight is 561 g/mol. The first-order chi connectivity index (χ1) is 21.9. The molecule has 0 saturated heterocycles. The van der Waals surface area contributed by atoms with Crippen molar-refractivity contribution in [3.05, 3.63) is 178 Å². The van der Waals surface area contributed by atoms with Gasteiger partial charge < -0.3 is 9.80 Å². The molecule has 0 radical (unpaired) electrons. The fourth-order valence-corrected chi connectivity index (χ4v) is 9.04. The summed E-state index contributed by atoms with van der Waals surface area (Å²) in [5, 5.41) is 0. The van der Waals surface area contributed by atoms with Crippen LogP contribution in [0.25, 0.3) is 33.4 Å². The van der Waals surface area contributed by atoms with Gasteiger partial charge in [-0.2, -0.15) is 0 Å². The Balaban J connectivity index is 1.23. The highest BCUT2D eigenvalue weighted by Gasteiger charge is 2.44. The SMILES string of the molecule is C1=CC2=C(C1)N1c3cc4c(cc3-c3ccccc3C1c1ccccc12)N1C2=C(C=CC2)c2ccccc2C1c1ccccc1-4. The van der Waals surface area contributed by atoms with E-state index in [0.717, 1.165) is 12.8 Å². The van der Waals surface area contributed by atoms with Crippen molar-refractivity contribution in [1.82, 2.24) is 0 Å². The van der Waals surface area contributed by atoms with Crippen molar-refractivity contribution in [2.24, 2.45) is 0 Å². The molecule has 6 aliphatic rings. The molecule has 2 atom stereocenters. The Morgan fingerprint density at radius 2 is 0.773 bits per heavy atom.